The summed E-state index contributed by atoms with van der Waals surface area (Å²) in [4.78, 5) is 17.4. The second-order valence-electron chi connectivity index (χ2n) is 1.56. The molecule has 10 heavy (non-hydrogen) atoms. The molecule has 1 N–H and O–H groups in total. The highest BCUT2D eigenvalue weighted by molar-refractivity contribution is 6.36. The highest BCUT2D eigenvalue weighted by atomic mass is 16.5. The topological polar surface area (TPSA) is 74.9 Å². The van der Waals surface area contributed by atoms with Gasteiger partial charge in [0.25, 0.3) is 5.90 Å². The molecule has 0 atom stereocenters. The lowest BCUT2D eigenvalue weighted by Gasteiger charge is -1.90. The third kappa shape index (κ3) is 1.27. The van der Waals surface area contributed by atoms with E-state index < -0.39 is 5.91 Å². The summed E-state index contributed by atoms with van der Waals surface area (Å²) < 4.78 is 4.75. The van der Waals surface area contributed by atoms with Crippen LogP contribution in [-0.4, -0.2) is 31.0 Å². The van der Waals surface area contributed by atoms with Gasteiger partial charge in [-0.3, -0.25) is 4.79 Å². The van der Waals surface area contributed by atoms with Crippen molar-refractivity contribution in [2.75, 3.05) is 13.2 Å². The Morgan fingerprint density at radius 2 is 2.70 bits per heavy atom. The van der Waals surface area contributed by atoms with Crippen molar-refractivity contribution in [2.24, 2.45) is 9.98 Å². The lowest BCUT2D eigenvalue weighted by Crippen LogP contribution is -2.10. The predicted octanol–water partition coefficient (Wildman–Crippen LogP) is -0.306. The Labute approximate surface area is 56.9 Å². The van der Waals surface area contributed by atoms with Crippen LogP contribution in [0.15, 0.2) is 9.98 Å². The monoisotopic (exact) mass is 139 g/mol. The molecule has 5 nitrogen and oxygen atoms in total. The van der Waals surface area contributed by atoms with E-state index in [1.54, 1.807) is 6.01 Å². The number of amides is 1. The molecular weight excluding hydrogens is 134 g/mol. The van der Waals surface area contributed by atoms with Gasteiger partial charge in [-0.15, -0.1) is 4.99 Å². The Kier molecular flexibility index (Phi) is 1.92. The van der Waals surface area contributed by atoms with Crippen LogP contribution < -0.4 is 0 Å². The molecule has 0 radical (unpaired) electrons. The maximum atomic E-state index is 10.6. The highest BCUT2D eigenvalue weighted by Gasteiger charge is 2.15. The summed E-state index contributed by atoms with van der Waals surface area (Å²) >= 11 is 0. The first kappa shape index (κ1) is 6.64. The van der Waals surface area contributed by atoms with Crippen molar-refractivity contribution in [3.8, 4) is 0 Å². The summed E-state index contributed by atoms with van der Waals surface area (Å²) in [5, 5.41) is 6.35. The molecule has 1 aliphatic heterocycles. The van der Waals surface area contributed by atoms with E-state index in [-0.39, 0.29) is 5.90 Å². The zero-order chi connectivity index (χ0) is 7.40. The Balaban J connectivity index is 2.64. The van der Waals surface area contributed by atoms with Gasteiger partial charge >= 0.3 is 5.91 Å². The first-order chi connectivity index (χ1) is 4.84. The Hall–Kier alpha value is -1.48. The number of carbonyl (C=O) groups excluding carboxylic acids is 1. The molecule has 52 valence electrons. The molecule has 0 aromatic carbocycles. The van der Waals surface area contributed by atoms with Crippen LogP contribution in [0.1, 0.15) is 0 Å². The smallest absolute Gasteiger partial charge is 0.341 e. The fraction of sp³-hybridized carbons (Fsp3) is 0.400. The van der Waals surface area contributed by atoms with Gasteiger partial charge in [-0.25, -0.2) is 10.4 Å². The normalized spacial score (nSPS) is 15.0. The van der Waals surface area contributed by atoms with E-state index in [2.05, 4.69) is 9.98 Å². The van der Waals surface area contributed by atoms with E-state index in [0.29, 0.717) is 13.2 Å². The fourth-order valence-electron chi connectivity index (χ4n) is 0.563. The van der Waals surface area contributed by atoms with E-state index in [9.17, 15) is 4.79 Å². The molecular formula is C5H5N3O2. The van der Waals surface area contributed by atoms with Crippen molar-refractivity contribution in [3.63, 3.8) is 0 Å². The quantitative estimate of drug-likeness (QED) is 0.506. The molecule has 1 heterocycles. The zero-order valence-corrected chi connectivity index (χ0v) is 5.13. The van der Waals surface area contributed by atoms with Crippen LogP contribution in [0, 0.1) is 5.41 Å². The van der Waals surface area contributed by atoms with Crippen LogP contribution in [0.2, 0.25) is 0 Å². The highest BCUT2D eigenvalue weighted by Crippen LogP contribution is 1.94. The van der Waals surface area contributed by atoms with Crippen LogP contribution in [0.25, 0.3) is 0 Å². The Morgan fingerprint density at radius 3 is 3.20 bits per heavy atom. The van der Waals surface area contributed by atoms with Gasteiger partial charge in [0.15, 0.2) is 0 Å². The Bertz CT molecular complexity index is 227. The first-order valence-corrected chi connectivity index (χ1v) is 2.68. The predicted molar refractivity (Wildman–Crippen MR) is 33.4 cm³/mol. The minimum absolute atomic E-state index is 0.0141. The lowest BCUT2D eigenvalue weighted by molar-refractivity contribution is -0.112. The van der Waals surface area contributed by atoms with Crippen molar-refractivity contribution in [1.82, 2.24) is 0 Å². The standard InChI is InChI=1S/C5H5N3O2/c6-3-8-4(9)5-7-1-2-10-5/h6H,1-2H2. The third-order valence-electron chi connectivity index (χ3n) is 0.926. The lowest BCUT2D eigenvalue weighted by atomic mass is 10.6. The largest absolute Gasteiger partial charge is 0.472 e. The van der Waals surface area contributed by atoms with Crippen molar-refractivity contribution >= 4 is 17.8 Å². The fourth-order valence-corrected chi connectivity index (χ4v) is 0.563. The van der Waals surface area contributed by atoms with Gasteiger partial charge in [-0.05, 0) is 0 Å². The van der Waals surface area contributed by atoms with Crippen molar-refractivity contribution in [1.29, 1.82) is 5.41 Å². The van der Waals surface area contributed by atoms with Gasteiger partial charge in [0.1, 0.15) is 6.61 Å². The number of nitrogens with one attached hydrogen (secondary N) is 1. The maximum absolute atomic E-state index is 10.6. The molecule has 1 rings (SSSR count). The van der Waals surface area contributed by atoms with E-state index in [0.717, 1.165) is 0 Å². The molecule has 1 amide bonds. The molecule has 0 aliphatic carbocycles. The maximum Gasteiger partial charge on any atom is 0.341 e. The van der Waals surface area contributed by atoms with Crippen LogP contribution in [0.4, 0.5) is 0 Å². The first-order valence-electron chi connectivity index (χ1n) is 2.68. The van der Waals surface area contributed by atoms with Crippen LogP contribution in [0.5, 0.6) is 0 Å². The van der Waals surface area contributed by atoms with E-state index in [4.69, 9.17) is 10.1 Å². The number of carbonyl (C=O) groups is 1. The number of rotatable bonds is 1. The Morgan fingerprint density at radius 1 is 1.90 bits per heavy atom. The average Bonchev–Trinajstić information content (AvgIpc) is 2.38. The number of ether oxygens (including phenoxy) is 1. The molecule has 1 aliphatic rings. The minimum atomic E-state index is -0.632. The van der Waals surface area contributed by atoms with Gasteiger partial charge in [-0.2, -0.15) is 0 Å². The van der Waals surface area contributed by atoms with Gasteiger partial charge in [0.2, 0.25) is 0 Å². The zero-order valence-electron chi connectivity index (χ0n) is 5.13. The SMILES string of the molecule is N=C=NC(=O)C1=NCCO1. The number of aliphatic imine (C=N–C) groups is 2. The van der Waals surface area contributed by atoms with Crippen LogP contribution in [-0.2, 0) is 9.53 Å². The number of nitrogens with zero attached hydrogens (tertiary/aromatic N) is 2. The van der Waals surface area contributed by atoms with Gasteiger partial charge in [-0.1, -0.05) is 0 Å². The van der Waals surface area contributed by atoms with Crippen LogP contribution in [0.3, 0.4) is 0 Å². The van der Waals surface area contributed by atoms with E-state index >= 15 is 0 Å². The van der Waals surface area contributed by atoms with Crippen molar-refractivity contribution in [2.45, 2.75) is 0 Å². The van der Waals surface area contributed by atoms with Crippen molar-refractivity contribution < 1.29 is 9.53 Å². The summed E-state index contributed by atoms with van der Waals surface area (Å²) in [6.45, 7) is 0.920. The molecule has 5 heteroatoms. The second-order valence-corrected chi connectivity index (χ2v) is 1.56. The van der Waals surface area contributed by atoms with Gasteiger partial charge in [0, 0.05) is 0 Å². The molecule has 0 bridgehead atoms. The molecule has 0 aromatic heterocycles. The summed E-state index contributed by atoms with van der Waals surface area (Å²) in [5.41, 5.74) is 0. The van der Waals surface area contributed by atoms with E-state index in [1.165, 1.54) is 0 Å². The molecule has 0 saturated carbocycles. The summed E-state index contributed by atoms with van der Waals surface area (Å²) in [6, 6.07) is 1.61. The molecule has 0 fully saturated rings. The summed E-state index contributed by atoms with van der Waals surface area (Å²) in [7, 11) is 0. The average molecular weight is 139 g/mol. The molecule has 0 saturated heterocycles. The molecule has 0 unspecified atom stereocenters. The minimum Gasteiger partial charge on any atom is -0.472 e. The summed E-state index contributed by atoms with van der Waals surface area (Å²) in [5.74, 6) is -0.646. The molecule has 0 aromatic rings. The number of hydrogen-bond donors (Lipinski definition) is 1. The van der Waals surface area contributed by atoms with E-state index in [1.807, 2.05) is 0 Å². The van der Waals surface area contributed by atoms with Gasteiger partial charge in [0.05, 0.1) is 12.6 Å². The molecule has 0 spiro atoms. The summed E-state index contributed by atoms with van der Waals surface area (Å²) in [6.07, 6.45) is 0. The third-order valence-corrected chi connectivity index (χ3v) is 0.926. The second kappa shape index (κ2) is 2.89. The number of hydrogen-bond acceptors (Lipinski definition) is 4. The van der Waals surface area contributed by atoms with Gasteiger partial charge < -0.3 is 4.74 Å². The van der Waals surface area contributed by atoms with Crippen molar-refractivity contribution in [3.05, 3.63) is 0 Å². The van der Waals surface area contributed by atoms with Crippen LogP contribution >= 0.6 is 0 Å².